The Morgan fingerprint density at radius 1 is 1.09 bits per heavy atom. The van der Waals surface area contributed by atoms with Crippen molar-refractivity contribution in [3.63, 3.8) is 0 Å². The van der Waals surface area contributed by atoms with Crippen LogP contribution in [-0.4, -0.2) is 43.6 Å². The van der Waals surface area contributed by atoms with Crippen molar-refractivity contribution in [1.82, 2.24) is 0 Å². The maximum Gasteiger partial charge on any atom is 1.00 e. The Kier molecular flexibility index (Phi) is 8.24. The topological polar surface area (TPSA) is 169 Å². The summed E-state index contributed by atoms with van der Waals surface area (Å²) in [5.41, 5.74) is 0.384. The summed E-state index contributed by atoms with van der Waals surface area (Å²) in [6.07, 6.45) is 0. The molecule has 0 fully saturated rings. The van der Waals surface area contributed by atoms with E-state index in [9.17, 15) is 26.2 Å². The zero-order chi connectivity index (χ0) is 23.1. The Hall–Kier alpha value is -1.42. The second kappa shape index (κ2) is 9.83. The summed E-state index contributed by atoms with van der Waals surface area (Å²) in [4.78, 5) is 11.7. The fourth-order valence-corrected chi connectivity index (χ4v) is 4.34. The molecule has 16 heteroatoms. The van der Waals surface area contributed by atoms with Crippen LogP contribution in [0.1, 0.15) is 6.92 Å². The van der Waals surface area contributed by atoms with Crippen LogP contribution in [0.5, 0.6) is 0 Å². The number of hydrogen-bond donors (Lipinski definition) is 1. The number of nitrogens with zero attached hydrogens (tertiary/aromatic N) is 4. The number of azo groups is 1. The van der Waals surface area contributed by atoms with Crippen LogP contribution in [0.4, 0.5) is 11.4 Å². The molecule has 1 amide bonds. The molecule has 2 aromatic carbocycles. The van der Waals surface area contributed by atoms with Gasteiger partial charge < -0.3 is 4.55 Å². The summed E-state index contributed by atoms with van der Waals surface area (Å²) in [7, 11) is -9.23. The van der Waals surface area contributed by atoms with E-state index in [2.05, 4.69) is 15.3 Å². The van der Waals surface area contributed by atoms with Gasteiger partial charge in [0.1, 0.15) is 15.0 Å². The zero-order valence-electron chi connectivity index (χ0n) is 16.3. The van der Waals surface area contributed by atoms with E-state index in [1.807, 2.05) is 0 Å². The molecule has 0 bridgehead atoms. The van der Waals surface area contributed by atoms with Crippen molar-refractivity contribution < 1.29 is 60.3 Å². The molecule has 0 aromatic heterocycles. The van der Waals surface area contributed by atoms with Gasteiger partial charge in [-0.3, -0.25) is 9.35 Å². The maximum absolute atomic E-state index is 12.7. The van der Waals surface area contributed by atoms with Crippen molar-refractivity contribution in [3.8, 4) is 0 Å². The standard InChI is InChI=1S/C16H12Cl2N4O7S2.Na/c1-8-15(20-19-9-2-4-10(5-3-9)30(24,25)26)16(23)22(21-8)13-6-12(18)14(7-11(13)17)31(27,28)29;/h2-7,15H,1H3,(H,24,25,26)(H,27,28,29);/q;+1/p-1. The Morgan fingerprint density at radius 3 is 2.22 bits per heavy atom. The molecule has 1 N–H and O–H groups in total. The Labute approximate surface area is 214 Å². The normalized spacial score (nSPS) is 16.9. The van der Waals surface area contributed by atoms with Crippen LogP contribution in [0, 0.1) is 0 Å². The van der Waals surface area contributed by atoms with E-state index < -0.39 is 42.0 Å². The first-order chi connectivity index (χ1) is 14.3. The molecule has 3 rings (SSSR count). The van der Waals surface area contributed by atoms with E-state index in [0.29, 0.717) is 0 Å². The first-order valence-electron chi connectivity index (χ1n) is 8.11. The molecular formula is C16H11Cl2N4NaO7S2. The third-order valence-electron chi connectivity index (χ3n) is 4.02. The molecule has 0 aliphatic carbocycles. The average molecular weight is 529 g/mol. The Bertz CT molecular complexity index is 1350. The van der Waals surface area contributed by atoms with Gasteiger partial charge in [-0.05, 0) is 43.3 Å². The largest absolute Gasteiger partial charge is 1.00 e. The summed E-state index contributed by atoms with van der Waals surface area (Å²) < 4.78 is 64.7. The molecule has 32 heavy (non-hydrogen) atoms. The molecule has 1 aliphatic rings. The summed E-state index contributed by atoms with van der Waals surface area (Å²) >= 11 is 11.9. The second-order valence-electron chi connectivity index (χ2n) is 6.17. The van der Waals surface area contributed by atoms with Gasteiger partial charge >= 0.3 is 29.6 Å². The van der Waals surface area contributed by atoms with Crippen molar-refractivity contribution in [1.29, 1.82) is 0 Å². The van der Waals surface area contributed by atoms with E-state index in [1.165, 1.54) is 19.1 Å². The van der Waals surface area contributed by atoms with E-state index in [-0.39, 0.29) is 56.7 Å². The van der Waals surface area contributed by atoms with Crippen molar-refractivity contribution in [2.24, 2.45) is 15.3 Å². The monoisotopic (exact) mass is 528 g/mol. The Morgan fingerprint density at radius 2 is 1.69 bits per heavy atom. The number of benzene rings is 2. The Balaban J connectivity index is 0.00000363. The molecule has 11 nitrogen and oxygen atoms in total. The maximum atomic E-state index is 12.7. The van der Waals surface area contributed by atoms with Gasteiger partial charge in [-0.1, -0.05) is 23.2 Å². The van der Waals surface area contributed by atoms with Gasteiger partial charge in [0.25, 0.3) is 16.0 Å². The number of hydrazone groups is 1. The molecule has 1 aliphatic heterocycles. The first-order valence-corrected chi connectivity index (χ1v) is 11.7. The van der Waals surface area contributed by atoms with Gasteiger partial charge in [0, 0.05) is 0 Å². The number of halogens is 2. The SMILES string of the molecule is CC1=NN(c2cc(Cl)c(S(=O)(=O)O)cc2Cl)C(=O)C1N=Nc1ccc(S(=O)(=O)[O-])cc1.[Na+]. The van der Waals surface area contributed by atoms with Gasteiger partial charge in [-0.2, -0.15) is 28.8 Å². The molecule has 0 radical (unpaired) electrons. The number of carbonyl (C=O) groups is 1. The fraction of sp³-hybridized carbons (Fsp3) is 0.125. The molecule has 0 saturated heterocycles. The van der Waals surface area contributed by atoms with Gasteiger partial charge in [0.05, 0.1) is 32.0 Å². The van der Waals surface area contributed by atoms with E-state index in [0.717, 1.165) is 29.3 Å². The fourth-order valence-electron chi connectivity index (χ4n) is 2.54. The van der Waals surface area contributed by atoms with Gasteiger partial charge in [0.2, 0.25) is 0 Å². The number of carbonyl (C=O) groups excluding carboxylic acids is 1. The zero-order valence-corrected chi connectivity index (χ0v) is 21.4. The van der Waals surface area contributed by atoms with Crippen molar-refractivity contribution in [2.75, 3.05) is 5.01 Å². The summed E-state index contributed by atoms with van der Waals surface area (Å²) in [6, 6.07) is 5.39. The predicted octanol–water partition coefficient (Wildman–Crippen LogP) is 0.0232. The molecule has 1 unspecified atom stereocenters. The number of amides is 1. The molecule has 0 saturated carbocycles. The van der Waals surface area contributed by atoms with Crippen LogP contribution in [0.3, 0.4) is 0 Å². The third kappa shape index (κ3) is 5.73. The minimum atomic E-state index is -4.63. The minimum absolute atomic E-state index is 0. The number of hydrogen-bond acceptors (Lipinski definition) is 9. The summed E-state index contributed by atoms with van der Waals surface area (Å²) in [5.74, 6) is -0.669. The molecule has 2 aromatic rings. The minimum Gasteiger partial charge on any atom is -0.744 e. The van der Waals surface area contributed by atoms with E-state index in [1.54, 1.807) is 0 Å². The van der Waals surface area contributed by atoms with Gasteiger partial charge in [-0.25, -0.2) is 8.42 Å². The van der Waals surface area contributed by atoms with Gasteiger partial charge in [0.15, 0.2) is 6.04 Å². The summed E-state index contributed by atoms with van der Waals surface area (Å²) in [6.45, 7) is 1.50. The predicted molar refractivity (Wildman–Crippen MR) is 110 cm³/mol. The first kappa shape index (κ1) is 26.8. The van der Waals surface area contributed by atoms with Crippen LogP contribution in [0.25, 0.3) is 0 Å². The third-order valence-corrected chi connectivity index (χ3v) is 6.49. The van der Waals surface area contributed by atoms with Crippen molar-refractivity contribution >= 4 is 66.4 Å². The van der Waals surface area contributed by atoms with Crippen LogP contribution in [-0.2, 0) is 25.0 Å². The van der Waals surface area contributed by atoms with Crippen LogP contribution >= 0.6 is 23.2 Å². The quantitative estimate of drug-likeness (QED) is 0.324. The molecule has 1 atom stereocenters. The van der Waals surface area contributed by atoms with E-state index >= 15 is 0 Å². The van der Waals surface area contributed by atoms with Crippen LogP contribution < -0.4 is 34.6 Å². The van der Waals surface area contributed by atoms with Crippen LogP contribution in [0.2, 0.25) is 10.0 Å². The van der Waals surface area contributed by atoms with Crippen molar-refractivity contribution in [3.05, 3.63) is 46.4 Å². The molecule has 1 heterocycles. The van der Waals surface area contributed by atoms with Crippen molar-refractivity contribution in [2.45, 2.75) is 22.8 Å². The smallest absolute Gasteiger partial charge is 0.744 e. The number of rotatable bonds is 5. The van der Waals surface area contributed by atoms with Gasteiger partial charge in [-0.15, -0.1) is 0 Å². The van der Waals surface area contributed by atoms with E-state index in [4.69, 9.17) is 27.8 Å². The average Bonchev–Trinajstić information content (AvgIpc) is 2.94. The summed E-state index contributed by atoms with van der Waals surface area (Å²) in [5, 5.41) is 12.1. The molecule has 0 spiro atoms. The molecular weight excluding hydrogens is 518 g/mol. The van der Waals surface area contributed by atoms with Crippen LogP contribution in [0.15, 0.2) is 61.5 Å². The number of anilines is 1. The molecule has 164 valence electrons. The second-order valence-corrected chi connectivity index (χ2v) is 9.75.